The maximum atomic E-state index is 6.17. The van der Waals surface area contributed by atoms with E-state index in [-0.39, 0.29) is 0 Å². The van der Waals surface area contributed by atoms with E-state index < -0.39 is 0 Å². The second kappa shape index (κ2) is 9.02. The van der Waals surface area contributed by atoms with E-state index in [9.17, 15) is 0 Å². The number of morpholine rings is 1. The maximum absolute atomic E-state index is 6.17. The minimum absolute atomic E-state index is 0.792. The van der Waals surface area contributed by atoms with Crippen LogP contribution in [0.25, 0.3) is 11.0 Å². The quantitative estimate of drug-likeness (QED) is 0.372. The van der Waals surface area contributed by atoms with Gasteiger partial charge in [0.25, 0.3) is 0 Å². The second-order valence-electron chi connectivity index (χ2n) is 6.94. The van der Waals surface area contributed by atoms with Crippen molar-refractivity contribution >= 4 is 23.0 Å². The summed E-state index contributed by atoms with van der Waals surface area (Å²) in [6.07, 6.45) is 3.62. The standard InChI is InChI=1S/C20H26N6OS/c1-16-23-19-14-22-7-6-20(19)25(16)15-17-2-4-18(5-3-17)28-26(21)9-8-24-10-12-27-13-11-24/h2-7,14H,8-13,15,21H2,1H3. The zero-order valence-electron chi connectivity index (χ0n) is 16.1. The summed E-state index contributed by atoms with van der Waals surface area (Å²) < 4.78 is 9.41. The number of benzene rings is 1. The molecule has 3 aromatic rings. The fourth-order valence-corrected chi connectivity index (χ4v) is 4.09. The van der Waals surface area contributed by atoms with Crippen LogP contribution < -0.4 is 5.84 Å². The number of hydrogen-bond acceptors (Lipinski definition) is 7. The second-order valence-corrected chi connectivity index (χ2v) is 8.06. The molecule has 28 heavy (non-hydrogen) atoms. The van der Waals surface area contributed by atoms with Crippen molar-refractivity contribution in [2.24, 2.45) is 5.84 Å². The summed E-state index contributed by atoms with van der Waals surface area (Å²) in [6, 6.07) is 10.6. The van der Waals surface area contributed by atoms with Crippen LogP contribution in [-0.2, 0) is 11.3 Å². The molecule has 1 saturated heterocycles. The highest BCUT2D eigenvalue weighted by Gasteiger charge is 2.12. The number of pyridine rings is 1. The van der Waals surface area contributed by atoms with Crippen LogP contribution in [-0.4, -0.2) is 63.2 Å². The Bertz CT molecular complexity index is 907. The van der Waals surface area contributed by atoms with Gasteiger partial charge in [0, 0.05) is 43.8 Å². The number of aryl methyl sites for hydroxylation is 1. The molecule has 3 heterocycles. The van der Waals surface area contributed by atoms with E-state index in [1.807, 2.05) is 29.8 Å². The van der Waals surface area contributed by atoms with Crippen LogP contribution in [0, 0.1) is 6.92 Å². The van der Waals surface area contributed by atoms with Crippen molar-refractivity contribution < 1.29 is 4.74 Å². The number of rotatable bonds is 7. The van der Waals surface area contributed by atoms with Gasteiger partial charge in [-0.15, -0.1) is 0 Å². The first-order valence-corrected chi connectivity index (χ1v) is 10.3. The van der Waals surface area contributed by atoms with Gasteiger partial charge in [0.1, 0.15) is 11.3 Å². The van der Waals surface area contributed by atoms with Gasteiger partial charge in [0.15, 0.2) is 0 Å². The number of aromatic nitrogens is 3. The first kappa shape index (κ1) is 19.4. The Morgan fingerprint density at radius 1 is 1.18 bits per heavy atom. The first-order valence-electron chi connectivity index (χ1n) is 9.55. The van der Waals surface area contributed by atoms with Gasteiger partial charge in [-0.1, -0.05) is 12.1 Å². The van der Waals surface area contributed by atoms with Gasteiger partial charge in [0.2, 0.25) is 0 Å². The molecule has 7 nitrogen and oxygen atoms in total. The molecule has 2 N–H and O–H groups in total. The van der Waals surface area contributed by atoms with Crippen LogP contribution >= 0.6 is 11.9 Å². The molecule has 1 fully saturated rings. The third-order valence-electron chi connectivity index (χ3n) is 4.97. The summed E-state index contributed by atoms with van der Waals surface area (Å²) in [6.45, 7) is 8.24. The molecule has 0 amide bonds. The largest absolute Gasteiger partial charge is 0.379 e. The Hall–Kier alpha value is -1.97. The SMILES string of the molecule is Cc1nc2cnccc2n1Cc1ccc(SN(N)CCN2CCOCC2)cc1. The predicted molar refractivity (Wildman–Crippen MR) is 112 cm³/mol. The van der Waals surface area contributed by atoms with Crippen molar-refractivity contribution in [3.8, 4) is 0 Å². The van der Waals surface area contributed by atoms with Gasteiger partial charge in [-0.3, -0.25) is 15.7 Å². The van der Waals surface area contributed by atoms with Crippen LogP contribution in [0.5, 0.6) is 0 Å². The summed E-state index contributed by atoms with van der Waals surface area (Å²) in [4.78, 5) is 12.3. The number of fused-ring (bicyclic) bond motifs is 1. The first-order chi connectivity index (χ1) is 13.7. The zero-order chi connectivity index (χ0) is 19.3. The number of hydrogen-bond donors (Lipinski definition) is 1. The minimum atomic E-state index is 0.792. The number of imidazole rings is 1. The van der Waals surface area contributed by atoms with E-state index in [0.29, 0.717) is 0 Å². The lowest BCUT2D eigenvalue weighted by Gasteiger charge is -2.28. The summed E-state index contributed by atoms with van der Waals surface area (Å²) >= 11 is 1.58. The van der Waals surface area contributed by atoms with Gasteiger partial charge in [0.05, 0.1) is 24.9 Å². The molecule has 1 aliphatic heterocycles. The average Bonchev–Trinajstić information content (AvgIpc) is 3.04. The monoisotopic (exact) mass is 398 g/mol. The van der Waals surface area contributed by atoms with Gasteiger partial charge >= 0.3 is 0 Å². The van der Waals surface area contributed by atoms with Crippen LogP contribution in [0.15, 0.2) is 47.6 Å². The van der Waals surface area contributed by atoms with E-state index in [1.54, 1.807) is 11.9 Å². The van der Waals surface area contributed by atoms with Gasteiger partial charge in [-0.25, -0.2) is 4.98 Å². The molecule has 0 bridgehead atoms. The fourth-order valence-electron chi connectivity index (χ4n) is 3.39. The zero-order valence-corrected chi connectivity index (χ0v) is 16.9. The molecule has 1 aromatic carbocycles. The molecule has 0 spiro atoms. The van der Waals surface area contributed by atoms with Gasteiger partial charge in [-0.2, -0.15) is 4.41 Å². The third-order valence-corrected chi connectivity index (χ3v) is 5.87. The molecule has 0 aliphatic carbocycles. The lowest BCUT2D eigenvalue weighted by Crippen LogP contribution is -2.41. The van der Waals surface area contributed by atoms with E-state index in [1.165, 1.54) is 5.56 Å². The molecular weight excluding hydrogens is 372 g/mol. The molecule has 0 atom stereocenters. The lowest BCUT2D eigenvalue weighted by molar-refractivity contribution is 0.0365. The van der Waals surface area contributed by atoms with E-state index in [2.05, 4.69) is 43.7 Å². The summed E-state index contributed by atoms with van der Waals surface area (Å²) in [5.41, 5.74) is 3.29. The number of ether oxygens (including phenoxy) is 1. The molecule has 0 saturated carbocycles. The Morgan fingerprint density at radius 3 is 2.75 bits per heavy atom. The molecule has 4 rings (SSSR count). The van der Waals surface area contributed by atoms with Crippen LogP contribution in [0.4, 0.5) is 0 Å². The van der Waals surface area contributed by atoms with E-state index in [0.717, 1.165) is 67.7 Å². The Morgan fingerprint density at radius 2 is 1.96 bits per heavy atom. The number of hydrazine groups is 1. The molecular formula is C20H26N6OS. The van der Waals surface area contributed by atoms with Gasteiger partial charge in [-0.05, 0) is 42.6 Å². The highest BCUT2D eigenvalue weighted by molar-refractivity contribution is 7.97. The minimum Gasteiger partial charge on any atom is -0.379 e. The Kier molecular flexibility index (Phi) is 6.23. The van der Waals surface area contributed by atoms with Crippen LogP contribution in [0.3, 0.4) is 0 Å². The van der Waals surface area contributed by atoms with Crippen molar-refractivity contribution in [1.29, 1.82) is 0 Å². The lowest BCUT2D eigenvalue weighted by atomic mass is 10.2. The van der Waals surface area contributed by atoms with Crippen molar-refractivity contribution in [2.45, 2.75) is 18.4 Å². The third kappa shape index (κ3) is 4.71. The molecule has 0 radical (unpaired) electrons. The number of nitrogens with zero attached hydrogens (tertiary/aromatic N) is 5. The molecule has 0 unspecified atom stereocenters. The van der Waals surface area contributed by atoms with Crippen molar-refractivity contribution in [3.63, 3.8) is 0 Å². The fraction of sp³-hybridized carbons (Fsp3) is 0.400. The normalized spacial score (nSPS) is 15.5. The van der Waals surface area contributed by atoms with Gasteiger partial charge < -0.3 is 9.30 Å². The highest BCUT2D eigenvalue weighted by atomic mass is 32.2. The van der Waals surface area contributed by atoms with Crippen LogP contribution in [0.2, 0.25) is 0 Å². The predicted octanol–water partition coefficient (Wildman–Crippen LogP) is 2.30. The topological polar surface area (TPSA) is 72.4 Å². The summed E-state index contributed by atoms with van der Waals surface area (Å²) in [7, 11) is 0. The summed E-state index contributed by atoms with van der Waals surface area (Å²) in [5.74, 6) is 7.17. The molecule has 2 aromatic heterocycles. The Balaban J connectivity index is 1.33. The maximum Gasteiger partial charge on any atom is 0.107 e. The average molecular weight is 399 g/mol. The molecule has 1 aliphatic rings. The van der Waals surface area contributed by atoms with E-state index >= 15 is 0 Å². The van der Waals surface area contributed by atoms with Crippen molar-refractivity contribution in [3.05, 3.63) is 54.1 Å². The number of nitrogens with two attached hydrogens (primary N) is 1. The summed E-state index contributed by atoms with van der Waals surface area (Å²) in [5, 5.41) is 0. The van der Waals surface area contributed by atoms with Crippen LogP contribution in [0.1, 0.15) is 11.4 Å². The van der Waals surface area contributed by atoms with Crippen molar-refractivity contribution in [2.75, 3.05) is 39.4 Å². The highest BCUT2D eigenvalue weighted by Crippen LogP contribution is 2.22. The Labute approximate surface area is 169 Å². The van der Waals surface area contributed by atoms with E-state index in [4.69, 9.17) is 10.6 Å². The molecule has 8 heteroatoms. The smallest absolute Gasteiger partial charge is 0.107 e. The molecule has 148 valence electrons. The van der Waals surface area contributed by atoms with Crippen molar-refractivity contribution in [1.82, 2.24) is 23.8 Å².